The van der Waals surface area contributed by atoms with Crippen molar-refractivity contribution in [2.24, 2.45) is 0 Å². The van der Waals surface area contributed by atoms with Gasteiger partial charge >= 0.3 is 0 Å². The van der Waals surface area contributed by atoms with E-state index in [1.54, 1.807) is 31.4 Å². The van der Waals surface area contributed by atoms with Gasteiger partial charge < -0.3 is 10.1 Å². The molecule has 2 aromatic rings. The molecule has 1 N–H and O–H groups in total. The first-order valence-corrected chi connectivity index (χ1v) is 11.1. The zero-order valence-corrected chi connectivity index (χ0v) is 17.4. The Morgan fingerprint density at radius 3 is 2.32 bits per heavy atom. The molecule has 0 spiro atoms. The van der Waals surface area contributed by atoms with Crippen LogP contribution < -0.4 is 14.4 Å². The van der Waals surface area contributed by atoms with Crippen LogP contribution in [0.5, 0.6) is 5.75 Å². The maximum atomic E-state index is 12.1. The van der Waals surface area contributed by atoms with Gasteiger partial charge in [-0.1, -0.05) is 37.3 Å². The lowest BCUT2D eigenvalue weighted by Crippen LogP contribution is -2.32. The Labute approximate surface area is 167 Å². The molecular formula is C21H28N2O4S. The van der Waals surface area contributed by atoms with Crippen LogP contribution in [0.1, 0.15) is 31.2 Å². The van der Waals surface area contributed by atoms with Crippen LogP contribution in [-0.4, -0.2) is 40.8 Å². The summed E-state index contributed by atoms with van der Waals surface area (Å²) in [5.74, 6) is 0.798. The first-order valence-electron chi connectivity index (χ1n) is 9.24. The molecule has 0 fully saturated rings. The second-order valence-electron chi connectivity index (χ2n) is 6.75. The van der Waals surface area contributed by atoms with Gasteiger partial charge in [-0.3, -0.25) is 9.10 Å². The second kappa shape index (κ2) is 10.1. The molecule has 0 aliphatic carbocycles. The Morgan fingerprint density at radius 1 is 1.11 bits per heavy atom. The first-order chi connectivity index (χ1) is 13.3. The predicted octanol–water partition coefficient (Wildman–Crippen LogP) is 3.16. The van der Waals surface area contributed by atoms with Gasteiger partial charge in [-0.05, 0) is 42.2 Å². The minimum Gasteiger partial charge on any atom is -0.497 e. The summed E-state index contributed by atoms with van der Waals surface area (Å²) in [6.07, 6.45) is 1.87. The Bertz CT molecular complexity index is 852. The summed E-state index contributed by atoms with van der Waals surface area (Å²) in [6, 6.07) is 16.8. The maximum Gasteiger partial charge on any atom is 0.232 e. The zero-order valence-electron chi connectivity index (χ0n) is 16.6. The summed E-state index contributed by atoms with van der Waals surface area (Å²) in [6.45, 7) is 2.86. The largest absolute Gasteiger partial charge is 0.497 e. The molecule has 0 aromatic heterocycles. The predicted molar refractivity (Wildman–Crippen MR) is 112 cm³/mol. The van der Waals surface area contributed by atoms with E-state index in [-0.39, 0.29) is 24.8 Å². The van der Waals surface area contributed by atoms with Crippen LogP contribution in [-0.2, 0) is 14.8 Å². The van der Waals surface area contributed by atoms with Crippen molar-refractivity contribution in [2.45, 2.75) is 25.7 Å². The van der Waals surface area contributed by atoms with E-state index in [2.05, 4.69) is 12.2 Å². The Balaban J connectivity index is 1.85. The average molecular weight is 405 g/mol. The molecule has 0 unspecified atom stereocenters. The van der Waals surface area contributed by atoms with Crippen molar-refractivity contribution in [2.75, 3.05) is 30.8 Å². The van der Waals surface area contributed by atoms with Gasteiger partial charge in [-0.2, -0.15) is 0 Å². The van der Waals surface area contributed by atoms with E-state index >= 15 is 0 Å². The highest BCUT2D eigenvalue weighted by Crippen LogP contribution is 2.22. The van der Waals surface area contributed by atoms with Crippen LogP contribution in [0.2, 0.25) is 0 Å². The fraction of sp³-hybridized carbons (Fsp3) is 0.381. The third-order valence-corrected chi connectivity index (χ3v) is 5.69. The summed E-state index contributed by atoms with van der Waals surface area (Å²) >= 11 is 0. The number of rotatable bonds is 10. The van der Waals surface area contributed by atoms with E-state index < -0.39 is 10.0 Å². The molecule has 0 heterocycles. The summed E-state index contributed by atoms with van der Waals surface area (Å²) in [5.41, 5.74) is 1.73. The van der Waals surface area contributed by atoms with Crippen molar-refractivity contribution in [3.8, 4) is 5.75 Å². The van der Waals surface area contributed by atoms with Crippen molar-refractivity contribution in [3.63, 3.8) is 0 Å². The summed E-state index contributed by atoms with van der Waals surface area (Å²) < 4.78 is 30.7. The molecule has 0 bridgehead atoms. The maximum absolute atomic E-state index is 12.1. The van der Waals surface area contributed by atoms with Crippen LogP contribution in [0.4, 0.5) is 5.69 Å². The molecule has 0 radical (unpaired) electrons. The zero-order chi connectivity index (χ0) is 20.6. The van der Waals surface area contributed by atoms with Gasteiger partial charge in [0, 0.05) is 19.5 Å². The van der Waals surface area contributed by atoms with Gasteiger partial charge in [0.15, 0.2) is 0 Å². The van der Waals surface area contributed by atoms with Crippen LogP contribution in [0.3, 0.4) is 0 Å². The van der Waals surface area contributed by atoms with Gasteiger partial charge in [0.2, 0.25) is 15.9 Å². The second-order valence-corrected chi connectivity index (χ2v) is 8.66. The Morgan fingerprint density at radius 2 is 1.75 bits per heavy atom. The number of nitrogens with zero attached hydrogens (tertiary/aromatic N) is 1. The van der Waals surface area contributed by atoms with Crippen molar-refractivity contribution in [1.82, 2.24) is 5.32 Å². The van der Waals surface area contributed by atoms with E-state index in [1.807, 2.05) is 30.3 Å². The molecule has 1 amide bonds. The third kappa shape index (κ3) is 6.56. The highest BCUT2D eigenvalue weighted by Gasteiger charge is 2.18. The van der Waals surface area contributed by atoms with Crippen LogP contribution >= 0.6 is 0 Å². The summed E-state index contributed by atoms with van der Waals surface area (Å²) in [7, 11) is -1.88. The van der Waals surface area contributed by atoms with Gasteiger partial charge in [0.1, 0.15) is 5.75 Å². The number of benzene rings is 2. The normalized spacial score (nSPS) is 12.2. The van der Waals surface area contributed by atoms with E-state index in [9.17, 15) is 13.2 Å². The molecule has 6 nitrogen and oxygen atoms in total. The molecule has 0 saturated carbocycles. The molecule has 0 saturated heterocycles. The van der Waals surface area contributed by atoms with E-state index in [1.165, 1.54) is 16.1 Å². The molecular weight excluding hydrogens is 376 g/mol. The third-order valence-electron chi connectivity index (χ3n) is 4.50. The summed E-state index contributed by atoms with van der Waals surface area (Å²) in [5, 5.41) is 2.92. The lowest BCUT2D eigenvalue weighted by atomic mass is 10.0. The number of hydrogen-bond acceptors (Lipinski definition) is 4. The van der Waals surface area contributed by atoms with E-state index in [0.29, 0.717) is 24.4 Å². The molecule has 7 heteroatoms. The van der Waals surface area contributed by atoms with Crippen molar-refractivity contribution in [1.29, 1.82) is 0 Å². The van der Waals surface area contributed by atoms with Crippen molar-refractivity contribution < 1.29 is 17.9 Å². The number of anilines is 1. The van der Waals surface area contributed by atoms with E-state index in [4.69, 9.17) is 4.74 Å². The number of amides is 1. The van der Waals surface area contributed by atoms with Crippen LogP contribution in [0, 0.1) is 0 Å². The van der Waals surface area contributed by atoms with Gasteiger partial charge in [0.05, 0.1) is 19.1 Å². The van der Waals surface area contributed by atoms with Crippen LogP contribution in [0.15, 0.2) is 54.6 Å². The minimum absolute atomic E-state index is 0.0778. The highest BCUT2D eigenvalue weighted by molar-refractivity contribution is 7.92. The first kappa shape index (κ1) is 21.8. The summed E-state index contributed by atoms with van der Waals surface area (Å²) in [4.78, 5) is 12.1. The molecule has 0 aliphatic heterocycles. The molecule has 152 valence electrons. The van der Waals surface area contributed by atoms with Crippen molar-refractivity contribution in [3.05, 3.63) is 60.2 Å². The van der Waals surface area contributed by atoms with E-state index in [0.717, 1.165) is 0 Å². The highest BCUT2D eigenvalue weighted by atomic mass is 32.2. The smallest absolute Gasteiger partial charge is 0.232 e. The average Bonchev–Trinajstić information content (AvgIpc) is 2.69. The minimum atomic E-state index is -3.44. The molecule has 2 rings (SSSR count). The number of carbonyl (C=O) groups is 1. The number of sulfonamides is 1. The fourth-order valence-electron chi connectivity index (χ4n) is 2.87. The number of hydrogen-bond donors (Lipinski definition) is 1. The number of methoxy groups -OCH3 is 1. The van der Waals surface area contributed by atoms with Crippen molar-refractivity contribution >= 4 is 21.6 Å². The molecule has 0 aliphatic rings. The fourth-order valence-corrected chi connectivity index (χ4v) is 3.84. The SMILES string of the molecule is COc1ccc(N(CCCC(=O)NC[C@@H](C)c2ccccc2)S(C)(=O)=O)cc1. The lowest BCUT2D eigenvalue weighted by Gasteiger charge is -2.22. The number of ether oxygens (including phenoxy) is 1. The number of carbonyl (C=O) groups excluding carboxylic acids is 1. The molecule has 2 aromatic carbocycles. The van der Waals surface area contributed by atoms with Gasteiger partial charge in [-0.25, -0.2) is 8.42 Å². The molecule has 1 atom stereocenters. The van der Waals surface area contributed by atoms with Gasteiger partial charge in [0.25, 0.3) is 0 Å². The monoisotopic (exact) mass is 404 g/mol. The molecule has 28 heavy (non-hydrogen) atoms. The Kier molecular flexibility index (Phi) is 7.87. The van der Waals surface area contributed by atoms with Crippen LogP contribution in [0.25, 0.3) is 0 Å². The topological polar surface area (TPSA) is 75.7 Å². The quantitative estimate of drug-likeness (QED) is 0.660. The number of nitrogens with one attached hydrogen (secondary N) is 1. The Hall–Kier alpha value is -2.54. The van der Waals surface area contributed by atoms with Gasteiger partial charge in [-0.15, -0.1) is 0 Å². The lowest BCUT2D eigenvalue weighted by molar-refractivity contribution is -0.121. The standard InChI is InChI=1S/C21H28N2O4S/c1-17(18-8-5-4-6-9-18)16-22-21(24)10-7-15-23(28(3,25)26)19-11-13-20(27-2)14-12-19/h4-6,8-9,11-14,17H,7,10,15-16H2,1-3H3,(H,22,24)/t17-/m1/s1.